The number of hydrogen-bond acceptors (Lipinski definition) is 5. The molecule has 1 aromatic heterocycles. The fourth-order valence-corrected chi connectivity index (χ4v) is 7.44. The summed E-state index contributed by atoms with van der Waals surface area (Å²) in [4.78, 5) is 5.53. The highest BCUT2D eigenvalue weighted by Crippen LogP contribution is 2.40. The van der Waals surface area contributed by atoms with Gasteiger partial charge in [0.15, 0.2) is 0 Å². The Morgan fingerprint density at radius 2 is 1.81 bits per heavy atom. The van der Waals surface area contributed by atoms with Crippen LogP contribution >= 0.6 is 22.9 Å². The zero-order chi connectivity index (χ0) is 22.9. The number of aryl methyl sites for hydroxylation is 2. The molecule has 0 spiro atoms. The summed E-state index contributed by atoms with van der Waals surface area (Å²) in [6, 6.07) is 11.2. The molecule has 176 valence electrons. The van der Waals surface area contributed by atoms with E-state index in [9.17, 15) is 8.42 Å². The van der Waals surface area contributed by atoms with Crippen LogP contribution in [0.3, 0.4) is 0 Å². The summed E-state index contributed by atoms with van der Waals surface area (Å²) >= 11 is 8.03. The molecule has 1 saturated heterocycles. The molecule has 0 unspecified atom stereocenters. The first kappa shape index (κ1) is 24.2. The van der Waals surface area contributed by atoms with Gasteiger partial charge in [0.2, 0.25) is 0 Å². The lowest BCUT2D eigenvalue weighted by atomic mass is 9.83. The van der Waals surface area contributed by atoms with Crippen molar-refractivity contribution in [1.29, 1.82) is 0 Å². The Labute approximate surface area is 201 Å². The number of rotatable bonds is 6. The van der Waals surface area contributed by atoms with Crippen LogP contribution in [0.5, 0.6) is 0 Å². The van der Waals surface area contributed by atoms with Crippen LogP contribution in [0.1, 0.15) is 52.5 Å². The topological polar surface area (TPSA) is 46.6 Å². The minimum absolute atomic E-state index is 0.0975. The summed E-state index contributed by atoms with van der Waals surface area (Å²) in [6.45, 7) is 5.69. The lowest BCUT2D eigenvalue weighted by Gasteiger charge is -2.46. The van der Waals surface area contributed by atoms with Gasteiger partial charge in [0, 0.05) is 39.7 Å². The van der Waals surface area contributed by atoms with Crippen molar-refractivity contribution in [3.8, 4) is 0 Å². The molecule has 0 N–H and O–H groups in total. The molecule has 2 aliphatic rings. The van der Waals surface area contributed by atoms with Crippen molar-refractivity contribution in [2.24, 2.45) is 0 Å². The SMILES string of the molecule is Cc1cc(C2CCC(N3C[C@H](CS(C)(=O)=O)OC[C@@H]3Cc3ccc(Cl)cc3)CC2)sc1C. The number of morpholine rings is 1. The molecular formula is C25H34ClNO3S2. The van der Waals surface area contributed by atoms with E-state index in [-0.39, 0.29) is 17.9 Å². The first-order valence-corrected chi connectivity index (χ1v) is 14.8. The second kappa shape index (κ2) is 10.1. The highest BCUT2D eigenvalue weighted by atomic mass is 35.5. The number of benzene rings is 1. The fourth-order valence-electron chi connectivity index (χ4n) is 5.23. The van der Waals surface area contributed by atoms with Crippen molar-refractivity contribution in [3.05, 3.63) is 56.2 Å². The number of halogens is 1. The second-order valence-electron chi connectivity index (χ2n) is 9.62. The molecule has 1 aliphatic carbocycles. The van der Waals surface area contributed by atoms with E-state index in [1.54, 1.807) is 0 Å². The number of ether oxygens (including phenoxy) is 1. The Balaban J connectivity index is 1.46. The number of sulfone groups is 1. The van der Waals surface area contributed by atoms with E-state index in [0.29, 0.717) is 25.1 Å². The van der Waals surface area contributed by atoms with Crippen LogP contribution < -0.4 is 0 Å². The molecule has 1 aromatic carbocycles. The fraction of sp³-hybridized carbons (Fsp3) is 0.600. The van der Waals surface area contributed by atoms with Crippen molar-refractivity contribution >= 4 is 32.8 Å². The molecule has 2 aromatic rings. The maximum absolute atomic E-state index is 11.9. The van der Waals surface area contributed by atoms with Crippen LogP contribution in [0.2, 0.25) is 5.02 Å². The van der Waals surface area contributed by atoms with Gasteiger partial charge in [-0.25, -0.2) is 8.42 Å². The molecule has 2 heterocycles. The largest absolute Gasteiger partial charge is 0.374 e. The average molecular weight is 496 g/mol. The quantitative estimate of drug-likeness (QED) is 0.538. The van der Waals surface area contributed by atoms with E-state index in [1.165, 1.54) is 40.0 Å². The van der Waals surface area contributed by atoms with E-state index in [4.69, 9.17) is 16.3 Å². The van der Waals surface area contributed by atoms with Crippen molar-refractivity contribution in [3.63, 3.8) is 0 Å². The minimum Gasteiger partial charge on any atom is -0.374 e. The first-order valence-electron chi connectivity index (χ1n) is 11.5. The van der Waals surface area contributed by atoms with E-state index in [0.717, 1.165) is 24.3 Å². The summed E-state index contributed by atoms with van der Waals surface area (Å²) in [5.74, 6) is 0.756. The van der Waals surface area contributed by atoms with Gasteiger partial charge >= 0.3 is 0 Å². The molecule has 4 rings (SSSR count). The summed E-state index contributed by atoms with van der Waals surface area (Å²) < 4.78 is 29.9. The van der Waals surface area contributed by atoms with E-state index >= 15 is 0 Å². The van der Waals surface area contributed by atoms with Crippen molar-refractivity contribution in [2.45, 2.75) is 70.1 Å². The van der Waals surface area contributed by atoms with E-state index in [1.807, 2.05) is 23.5 Å². The number of nitrogens with zero attached hydrogens (tertiary/aromatic N) is 1. The van der Waals surface area contributed by atoms with Gasteiger partial charge in [-0.1, -0.05) is 23.7 Å². The number of hydrogen-bond donors (Lipinski definition) is 0. The molecule has 1 saturated carbocycles. The summed E-state index contributed by atoms with van der Waals surface area (Å²) in [5, 5.41) is 0.746. The van der Waals surface area contributed by atoms with E-state index in [2.05, 4.69) is 36.9 Å². The van der Waals surface area contributed by atoms with Crippen LogP contribution in [0.4, 0.5) is 0 Å². The third-order valence-electron chi connectivity index (χ3n) is 7.03. The van der Waals surface area contributed by atoms with Crippen LogP contribution in [0.25, 0.3) is 0 Å². The molecule has 32 heavy (non-hydrogen) atoms. The van der Waals surface area contributed by atoms with Gasteiger partial charge in [0.1, 0.15) is 9.84 Å². The lowest BCUT2D eigenvalue weighted by molar-refractivity contribution is -0.0755. The molecule has 0 amide bonds. The van der Waals surface area contributed by atoms with Crippen LogP contribution in [-0.2, 0) is 21.0 Å². The highest BCUT2D eigenvalue weighted by molar-refractivity contribution is 7.90. The van der Waals surface area contributed by atoms with Gasteiger partial charge in [-0.15, -0.1) is 11.3 Å². The third kappa shape index (κ3) is 6.15. The van der Waals surface area contributed by atoms with Crippen LogP contribution in [0, 0.1) is 13.8 Å². The maximum Gasteiger partial charge on any atom is 0.150 e. The van der Waals surface area contributed by atoms with Crippen LogP contribution in [-0.4, -0.2) is 56.7 Å². The Kier molecular flexibility index (Phi) is 7.67. The van der Waals surface area contributed by atoms with Crippen LogP contribution in [0.15, 0.2) is 30.3 Å². The molecule has 2 fully saturated rings. The predicted octanol–water partition coefficient (Wildman–Crippen LogP) is 5.40. The zero-order valence-corrected chi connectivity index (χ0v) is 21.6. The van der Waals surface area contributed by atoms with Crippen molar-refractivity contribution < 1.29 is 13.2 Å². The standard InChI is InChI=1S/C25H34ClNO3S2/c1-17-12-25(31-18(17)2)20-6-10-22(11-7-20)27-14-24(16-32(3,28)29)30-15-23(27)13-19-4-8-21(26)9-5-19/h4-5,8-9,12,20,22-24H,6-7,10-11,13-16H2,1-3H3/t20?,22?,23-,24+/m0/s1. The van der Waals surface area contributed by atoms with Gasteiger partial charge in [0.05, 0.1) is 18.5 Å². The van der Waals surface area contributed by atoms with Gasteiger partial charge in [-0.3, -0.25) is 4.90 Å². The summed E-state index contributed by atoms with van der Waals surface area (Å²) in [6.07, 6.45) is 6.67. The molecule has 0 bridgehead atoms. The van der Waals surface area contributed by atoms with Gasteiger partial charge in [-0.2, -0.15) is 0 Å². The monoisotopic (exact) mass is 495 g/mol. The molecule has 4 nitrogen and oxygen atoms in total. The van der Waals surface area contributed by atoms with Gasteiger partial charge in [0.25, 0.3) is 0 Å². The summed E-state index contributed by atoms with van der Waals surface area (Å²) in [5.41, 5.74) is 2.65. The maximum atomic E-state index is 11.9. The third-order valence-corrected chi connectivity index (χ3v) is 9.58. The smallest absolute Gasteiger partial charge is 0.150 e. The molecule has 0 radical (unpaired) electrons. The lowest BCUT2D eigenvalue weighted by Crippen LogP contribution is -2.56. The van der Waals surface area contributed by atoms with Gasteiger partial charge < -0.3 is 4.74 Å². The van der Waals surface area contributed by atoms with Gasteiger partial charge in [-0.05, 0) is 81.2 Å². The molecule has 2 atom stereocenters. The average Bonchev–Trinajstić information content (AvgIpc) is 3.08. The highest BCUT2D eigenvalue weighted by Gasteiger charge is 2.37. The first-order chi connectivity index (χ1) is 15.2. The zero-order valence-electron chi connectivity index (χ0n) is 19.2. The Hall–Kier alpha value is -0.920. The van der Waals surface area contributed by atoms with Crippen molar-refractivity contribution in [1.82, 2.24) is 4.90 Å². The second-order valence-corrected chi connectivity index (χ2v) is 13.5. The molecule has 7 heteroatoms. The van der Waals surface area contributed by atoms with Crippen molar-refractivity contribution in [2.75, 3.05) is 25.2 Å². The number of thiophene rings is 1. The molecular weight excluding hydrogens is 462 g/mol. The Morgan fingerprint density at radius 3 is 2.41 bits per heavy atom. The predicted molar refractivity (Wildman–Crippen MR) is 134 cm³/mol. The van der Waals surface area contributed by atoms with E-state index < -0.39 is 9.84 Å². The Morgan fingerprint density at radius 1 is 1.12 bits per heavy atom. The minimum atomic E-state index is -3.07. The molecule has 1 aliphatic heterocycles. The normalized spacial score (nSPS) is 27.5. The Bertz CT molecular complexity index is 991. The summed E-state index contributed by atoms with van der Waals surface area (Å²) in [7, 11) is -3.07.